The van der Waals surface area contributed by atoms with Crippen LogP contribution >= 0.6 is 0 Å². The molecule has 1 atom stereocenters. The molecule has 0 bridgehead atoms. The molecule has 2 aliphatic heterocycles. The van der Waals surface area contributed by atoms with E-state index in [1.807, 2.05) is 11.0 Å². The van der Waals surface area contributed by atoms with E-state index in [9.17, 15) is 4.79 Å². The number of amides is 1. The first-order valence-corrected chi connectivity index (χ1v) is 8.77. The molecule has 6 heteroatoms. The van der Waals surface area contributed by atoms with Crippen LogP contribution in [0.15, 0.2) is 18.2 Å². The van der Waals surface area contributed by atoms with Gasteiger partial charge in [-0.25, -0.2) is 0 Å². The Kier molecular flexibility index (Phi) is 5.58. The van der Waals surface area contributed by atoms with Crippen molar-refractivity contribution in [2.24, 2.45) is 0 Å². The van der Waals surface area contributed by atoms with E-state index in [1.54, 1.807) is 0 Å². The Labute approximate surface area is 143 Å². The third-order valence-corrected chi connectivity index (χ3v) is 4.78. The quantitative estimate of drug-likeness (QED) is 0.854. The van der Waals surface area contributed by atoms with E-state index in [4.69, 9.17) is 9.47 Å². The highest BCUT2D eigenvalue weighted by Gasteiger charge is 2.22. The van der Waals surface area contributed by atoms with E-state index >= 15 is 0 Å². The summed E-state index contributed by atoms with van der Waals surface area (Å²) >= 11 is 0. The van der Waals surface area contributed by atoms with E-state index in [0.717, 1.165) is 50.6 Å². The van der Waals surface area contributed by atoms with Gasteiger partial charge in [0, 0.05) is 38.8 Å². The molecule has 2 heterocycles. The molecule has 0 spiro atoms. The molecule has 1 saturated heterocycles. The van der Waals surface area contributed by atoms with Gasteiger partial charge >= 0.3 is 0 Å². The molecular weight excluding hydrogens is 306 g/mol. The summed E-state index contributed by atoms with van der Waals surface area (Å²) in [6, 6.07) is 6.50. The van der Waals surface area contributed by atoms with E-state index in [0.29, 0.717) is 19.4 Å². The van der Waals surface area contributed by atoms with Crippen LogP contribution in [-0.4, -0.2) is 61.3 Å². The Morgan fingerprint density at radius 3 is 2.71 bits per heavy atom. The van der Waals surface area contributed by atoms with Gasteiger partial charge in [0.05, 0.1) is 6.54 Å². The number of nitrogens with zero attached hydrogens (tertiary/aromatic N) is 2. The summed E-state index contributed by atoms with van der Waals surface area (Å²) in [5.74, 6) is 1.86. The van der Waals surface area contributed by atoms with Crippen LogP contribution in [0, 0.1) is 0 Å². The van der Waals surface area contributed by atoms with Crippen molar-refractivity contribution in [3.8, 4) is 11.5 Å². The minimum absolute atomic E-state index is 0.207. The van der Waals surface area contributed by atoms with Gasteiger partial charge in [-0.3, -0.25) is 9.69 Å². The molecular formula is C18H27N3O3. The summed E-state index contributed by atoms with van der Waals surface area (Å²) in [5, 5.41) is 3.27. The molecule has 1 aromatic rings. The molecule has 132 valence electrons. The van der Waals surface area contributed by atoms with Gasteiger partial charge in [-0.2, -0.15) is 0 Å². The highest BCUT2D eigenvalue weighted by molar-refractivity contribution is 5.78. The Morgan fingerprint density at radius 1 is 1.21 bits per heavy atom. The Hall–Kier alpha value is -1.79. The van der Waals surface area contributed by atoms with E-state index in [1.165, 1.54) is 5.56 Å². The second-order valence-corrected chi connectivity index (χ2v) is 6.53. The first-order chi connectivity index (χ1) is 11.7. The lowest BCUT2D eigenvalue weighted by Gasteiger charge is -2.35. The maximum Gasteiger partial charge on any atom is 0.236 e. The highest BCUT2D eigenvalue weighted by atomic mass is 16.7. The van der Waals surface area contributed by atoms with Gasteiger partial charge in [0.15, 0.2) is 11.5 Å². The number of nitrogens with one attached hydrogen (secondary N) is 1. The number of ether oxygens (including phenoxy) is 2. The topological polar surface area (TPSA) is 54.0 Å². The summed E-state index contributed by atoms with van der Waals surface area (Å²) in [5.41, 5.74) is 1.22. The minimum Gasteiger partial charge on any atom is -0.454 e. The molecule has 0 aliphatic carbocycles. The second-order valence-electron chi connectivity index (χ2n) is 6.53. The third-order valence-electron chi connectivity index (χ3n) is 4.78. The van der Waals surface area contributed by atoms with Crippen molar-refractivity contribution in [3.05, 3.63) is 23.8 Å². The lowest BCUT2D eigenvalue weighted by Crippen LogP contribution is -2.51. The SMILES string of the molecule is CCC(C)NCC(=O)N1CCN(Cc2ccc3c(c2)OCO3)CC1. The van der Waals surface area contributed by atoms with Gasteiger partial charge in [0.25, 0.3) is 0 Å². The number of carbonyl (C=O) groups excluding carboxylic acids is 1. The average Bonchev–Trinajstić information content (AvgIpc) is 3.07. The number of hydrogen-bond donors (Lipinski definition) is 1. The van der Waals surface area contributed by atoms with Gasteiger partial charge in [-0.05, 0) is 31.0 Å². The van der Waals surface area contributed by atoms with Crippen LogP contribution in [0.5, 0.6) is 11.5 Å². The molecule has 0 radical (unpaired) electrons. The van der Waals surface area contributed by atoms with Crippen LogP contribution in [0.2, 0.25) is 0 Å². The largest absolute Gasteiger partial charge is 0.454 e. The summed E-state index contributed by atoms with van der Waals surface area (Å²) in [7, 11) is 0. The summed E-state index contributed by atoms with van der Waals surface area (Å²) in [6.07, 6.45) is 1.04. The molecule has 0 saturated carbocycles. The van der Waals surface area contributed by atoms with Crippen LogP contribution in [-0.2, 0) is 11.3 Å². The van der Waals surface area contributed by atoms with Crippen LogP contribution < -0.4 is 14.8 Å². The van der Waals surface area contributed by atoms with Crippen molar-refractivity contribution in [2.75, 3.05) is 39.5 Å². The Balaban J connectivity index is 1.44. The van der Waals surface area contributed by atoms with Crippen molar-refractivity contribution in [3.63, 3.8) is 0 Å². The Bertz CT molecular complexity index is 571. The van der Waals surface area contributed by atoms with Gasteiger partial charge in [0.2, 0.25) is 12.7 Å². The Morgan fingerprint density at radius 2 is 1.96 bits per heavy atom. The van der Waals surface area contributed by atoms with Crippen molar-refractivity contribution in [1.29, 1.82) is 0 Å². The van der Waals surface area contributed by atoms with Gasteiger partial charge in [-0.1, -0.05) is 13.0 Å². The first-order valence-electron chi connectivity index (χ1n) is 8.77. The number of carbonyl (C=O) groups is 1. The molecule has 24 heavy (non-hydrogen) atoms. The lowest BCUT2D eigenvalue weighted by atomic mass is 10.1. The van der Waals surface area contributed by atoms with Crippen LogP contribution in [0.4, 0.5) is 0 Å². The number of fused-ring (bicyclic) bond motifs is 1. The monoisotopic (exact) mass is 333 g/mol. The third kappa shape index (κ3) is 4.19. The highest BCUT2D eigenvalue weighted by Crippen LogP contribution is 2.32. The predicted molar refractivity (Wildman–Crippen MR) is 92.2 cm³/mol. The standard InChI is InChI=1S/C18H27N3O3/c1-3-14(2)19-11-18(22)21-8-6-20(7-9-21)12-15-4-5-16-17(10-15)24-13-23-16/h4-5,10,14,19H,3,6-9,11-13H2,1-2H3. The summed E-state index contributed by atoms with van der Waals surface area (Å²) in [6.45, 7) is 9.27. The fourth-order valence-electron chi connectivity index (χ4n) is 2.97. The fraction of sp³-hybridized carbons (Fsp3) is 0.611. The lowest BCUT2D eigenvalue weighted by molar-refractivity contribution is -0.132. The van der Waals surface area contributed by atoms with Crippen LogP contribution in [0.3, 0.4) is 0 Å². The average molecular weight is 333 g/mol. The molecule has 1 fully saturated rings. The van der Waals surface area contributed by atoms with Crippen LogP contribution in [0.25, 0.3) is 0 Å². The molecule has 1 aromatic carbocycles. The molecule has 2 aliphatic rings. The number of rotatable bonds is 6. The molecule has 1 N–H and O–H groups in total. The molecule has 0 aromatic heterocycles. The zero-order chi connectivity index (χ0) is 16.9. The van der Waals surface area contributed by atoms with Crippen molar-refractivity contribution < 1.29 is 14.3 Å². The van der Waals surface area contributed by atoms with E-state index < -0.39 is 0 Å². The van der Waals surface area contributed by atoms with Crippen LogP contribution in [0.1, 0.15) is 25.8 Å². The van der Waals surface area contributed by atoms with Gasteiger partial charge in [0.1, 0.15) is 0 Å². The molecule has 3 rings (SSSR count). The number of hydrogen-bond acceptors (Lipinski definition) is 5. The van der Waals surface area contributed by atoms with Gasteiger partial charge < -0.3 is 19.7 Å². The summed E-state index contributed by atoms with van der Waals surface area (Å²) in [4.78, 5) is 16.6. The molecule has 1 unspecified atom stereocenters. The maximum absolute atomic E-state index is 12.2. The van der Waals surface area contributed by atoms with Crippen molar-refractivity contribution >= 4 is 5.91 Å². The second kappa shape index (κ2) is 7.85. The van der Waals surface area contributed by atoms with E-state index in [-0.39, 0.29) is 5.91 Å². The first kappa shape index (κ1) is 17.0. The molecule has 1 amide bonds. The molecule has 6 nitrogen and oxygen atoms in total. The zero-order valence-corrected chi connectivity index (χ0v) is 14.6. The van der Waals surface area contributed by atoms with Gasteiger partial charge in [-0.15, -0.1) is 0 Å². The zero-order valence-electron chi connectivity index (χ0n) is 14.6. The van der Waals surface area contributed by atoms with E-state index in [2.05, 4.69) is 36.2 Å². The maximum atomic E-state index is 12.2. The normalized spacial score (nSPS) is 18.7. The smallest absolute Gasteiger partial charge is 0.236 e. The van der Waals surface area contributed by atoms with Crippen molar-refractivity contribution in [1.82, 2.24) is 15.1 Å². The number of benzene rings is 1. The van der Waals surface area contributed by atoms with Crippen molar-refractivity contribution in [2.45, 2.75) is 32.9 Å². The minimum atomic E-state index is 0.207. The fourth-order valence-corrected chi connectivity index (χ4v) is 2.97. The number of piperazine rings is 1. The summed E-state index contributed by atoms with van der Waals surface area (Å²) < 4.78 is 10.8. The predicted octanol–water partition coefficient (Wildman–Crippen LogP) is 1.45.